The van der Waals surface area contributed by atoms with E-state index in [9.17, 15) is 5.11 Å². The molecule has 2 aromatic carbocycles. The van der Waals surface area contributed by atoms with E-state index >= 15 is 4.39 Å². The number of aromatic hydroxyl groups is 1. The van der Waals surface area contributed by atoms with E-state index in [1.54, 1.807) is 24.4 Å². The molecule has 1 saturated heterocycles. The second-order valence-electron chi connectivity index (χ2n) is 7.71. The molecule has 0 atom stereocenters. The second kappa shape index (κ2) is 8.52. The molecule has 8 heteroatoms. The topological polar surface area (TPSA) is 80.6 Å². The summed E-state index contributed by atoms with van der Waals surface area (Å²) in [5.41, 5.74) is 1.09. The van der Waals surface area contributed by atoms with Crippen LogP contribution < -0.4 is 9.64 Å². The van der Waals surface area contributed by atoms with Crippen molar-refractivity contribution in [3.8, 4) is 35.4 Å². The molecular formula is C25H21FN4O3. The van der Waals surface area contributed by atoms with Gasteiger partial charge in [-0.15, -0.1) is 6.42 Å². The second-order valence-corrected chi connectivity index (χ2v) is 7.71. The maximum absolute atomic E-state index is 16.0. The minimum absolute atomic E-state index is 0.0153. The third-order valence-electron chi connectivity index (χ3n) is 5.72. The lowest BCUT2D eigenvalue weighted by atomic mass is 9.96. The zero-order valence-corrected chi connectivity index (χ0v) is 18.0. The highest BCUT2D eigenvalue weighted by molar-refractivity contribution is 6.02. The molecule has 0 saturated carbocycles. The smallest absolute Gasteiger partial charge is 0.318 e. The SMILES string of the molecule is C#Cc1cccc2cc(O)cc(-c3ncc4c(N5CCCOCC5)nc(OC)nc4c3F)c12. The number of terminal acetylenes is 1. The third kappa shape index (κ3) is 3.66. The summed E-state index contributed by atoms with van der Waals surface area (Å²) in [6, 6.07) is 8.48. The lowest BCUT2D eigenvalue weighted by molar-refractivity contribution is 0.152. The molecule has 0 radical (unpaired) electrons. The van der Waals surface area contributed by atoms with Crippen LogP contribution in [0.5, 0.6) is 11.8 Å². The zero-order valence-electron chi connectivity index (χ0n) is 18.0. The first kappa shape index (κ1) is 20.9. The summed E-state index contributed by atoms with van der Waals surface area (Å²) in [5.74, 6) is 2.53. The summed E-state index contributed by atoms with van der Waals surface area (Å²) in [4.78, 5) is 15.3. The quantitative estimate of drug-likeness (QED) is 0.480. The normalized spacial score (nSPS) is 14.3. The molecule has 0 aliphatic carbocycles. The molecule has 1 N–H and O–H groups in total. The largest absolute Gasteiger partial charge is 0.508 e. The molecule has 0 unspecified atom stereocenters. The maximum Gasteiger partial charge on any atom is 0.318 e. The Morgan fingerprint density at radius 2 is 2.09 bits per heavy atom. The monoisotopic (exact) mass is 444 g/mol. The lowest BCUT2D eigenvalue weighted by Gasteiger charge is -2.22. The fourth-order valence-corrected chi connectivity index (χ4v) is 4.22. The summed E-state index contributed by atoms with van der Waals surface area (Å²) in [5, 5.41) is 12.1. The summed E-state index contributed by atoms with van der Waals surface area (Å²) in [6.07, 6.45) is 8.09. The molecule has 0 spiro atoms. The minimum Gasteiger partial charge on any atom is -0.508 e. The van der Waals surface area contributed by atoms with E-state index in [1.165, 1.54) is 13.2 Å². The summed E-state index contributed by atoms with van der Waals surface area (Å²) in [6.45, 7) is 2.53. The zero-order chi connectivity index (χ0) is 22.9. The summed E-state index contributed by atoms with van der Waals surface area (Å²) < 4.78 is 26.8. The third-order valence-corrected chi connectivity index (χ3v) is 5.72. The van der Waals surface area contributed by atoms with Gasteiger partial charge in [-0.1, -0.05) is 18.1 Å². The van der Waals surface area contributed by atoms with Gasteiger partial charge < -0.3 is 19.5 Å². The Morgan fingerprint density at radius 3 is 2.91 bits per heavy atom. The number of hydrogen-bond acceptors (Lipinski definition) is 7. The number of aromatic nitrogens is 3. The average Bonchev–Trinajstić information content (AvgIpc) is 3.12. The van der Waals surface area contributed by atoms with Gasteiger partial charge in [-0.3, -0.25) is 4.98 Å². The van der Waals surface area contributed by atoms with E-state index in [0.717, 1.165) is 6.42 Å². The highest BCUT2D eigenvalue weighted by Crippen LogP contribution is 2.38. The maximum atomic E-state index is 16.0. The van der Waals surface area contributed by atoms with Gasteiger partial charge in [0.2, 0.25) is 0 Å². The van der Waals surface area contributed by atoms with Crippen molar-refractivity contribution in [3.05, 3.63) is 47.9 Å². The number of fused-ring (bicyclic) bond motifs is 2. The van der Waals surface area contributed by atoms with Crippen LogP contribution in [-0.2, 0) is 4.74 Å². The number of phenols is 1. The number of rotatable bonds is 3. The number of pyridine rings is 1. The number of ether oxygens (including phenoxy) is 2. The number of methoxy groups -OCH3 is 1. The lowest BCUT2D eigenvalue weighted by Crippen LogP contribution is -2.27. The van der Waals surface area contributed by atoms with Gasteiger partial charge in [0.1, 0.15) is 22.8 Å². The molecule has 3 heterocycles. The van der Waals surface area contributed by atoms with Gasteiger partial charge in [0.15, 0.2) is 5.82 Å². The van der Waals surface area contributed by atoms with Crippen molar-refractivity contribution in [2.24, 2.45) is 0 Å². The van der Waals surface area contributed by atoms with Crippen molar-refractivity contribution in [2.75, 3.05) is 38.3 Å². The Labute approximate surface area is 189 Å². The van der Waals surface area contributed by atoms with Gasteiger partial charge in [0.25, 0.3) is 0 Å². The fraction of sp³-hybridized carbons (Fsp3) is 0.240. The van der Waals surface area contributed by atoms with E-state index in [1.807, 2.05) is 11.0 Å². The van der Waals surface area contributed by atoms with Crippen LogP contribution in [0.4, 0.5) is 10.2 Å². The van der Waals surface area contributed by atoms with E-state index in [0.29, 0.717) is 59.4 Å². The van der Waals surface area contributed by atoms with E-state index in [2.05, 4.69) is 20.9 Å². The predicted molar refractivity (Wildman–Crippen MR) is 124 cm³/mol. The first-order valence-electron chi connectivity index (χ1n) is 10.6. The number of hydrogen-bond donors (Lipinski definition) is 1. The van der Waals surface area contributed by atoms with Gasteiger partial charge in [0.05, 0.1) is 19.1 Å². The molecule has 166 valence electrons. The number of phenolic OH excluding ortho intramolecular Hbond substituents is 1. The molecular weight excluding hydrogens is 423 g/mol. The molecule has 7 nitrogen and oxygen atoms in total. The summed E-state index contributed by atoms with van der Waals surface area (Å²) in [7, 11) is 1.44. The first-order chi connectivity index (χ1) is 16.1. The minimum atomic E-state index is -0.640. The van der Waals surface area contributed by atoms with Crippen molar-refractivity contribution in [1.29, 1.82) is 0 Å². The van der Waals surface area contributed by atoms with E-state index in [-0.39, 0.29) is 23.0 Å². The van der Waals surface area contributed by atoms with Crippen molar-refractivity contribution in [2.45, 2.75) is 6.42 Å². The van der Waals surface area contributed by atoms with Crippen molar-refractivity contribution >= 4 is 27.5 Å². The van der Waals surface area contributed by atoms with Crippen LogP contribution in [0.25, 0.3) is 32.9 Å². The Bertz CT molecular complexity index is 1410. The van der Waals surface area contributed by atoms with Gasteiger partial charge in [-0.25, -0.2) is 4.39 Å². The standard InChI is InChI=1S/C25H21FN4O3/c1-3-15-6-4-7-16-12-17(31)13-18(20(15)16)22-21(26)23-19(14-27-22)24(29-25(28-23)32-2)30-8-5-10-33-11-9-30/h1,4,6-7,12-14,31H,5,8-11H2,2H3. The Kier molecular flexibility index (Phi) is 5.40. The Balaban J connectivity index is 1.77. The van der Waals surface area contributed by atoms with Crippen LogP contribution in [0.15, 0.2) is 36.5 Å². The highest BCUT2D eigenvalue weighted by atomic mass is 19.1. The number of anilines is 1. The highest BCUT2D eigenvalue weighted by Gasteiger charge is 2.23. The molecule has 1 fully saturated rings. The Hall–Kier alpha value is -3.96. The van der Waals surface area contributed by atoms with E-state index in [4.69, 9.17) is 15.9 Å². The van der Waals surface area contributed by atoms with Gasteiger partial charge >= 0.3 is 6.01 Å². The van der Waals surface area contributed by atoms with E-state index < -0.39 is 5.82 Å². The molecule has 2 aromatic heterocycles. The fourth-order valence-electron chi connectivity index (χ4n) is 4.22. The van der Waals surface area contributed by atoms with Crippen LogP contribution in [0, 0.1) is 18.2 Å². The molecule has 1 aliphatic rings. The first-order valence-corrected chi connectivity index (χ1v) is 10.6. The molecule has 4 aromatic rings. The van der Waals surface area contributed by atoms with Crippen molar-refractivity contribution < 1.29 is 19.0 Å². The molecule has 5 rings (SSSR count). The van der Waals surface area contributed by atoms with Crippen LogP contribution in [-0.4, -0.2) is 53.5 Å². The van der Waals surface area contributed by atoms with Gasteiger partial charge in [-0.2, -0.15) is 9.97 Å². The number of halogens is 1. The predicted octanol–water partition coefficient (Wildman–Crippen LogP) is 3.91. The van der Waals surface area contributed by atoms with Crippen LogP contribution in [0.2, 0.25) is 0 Å². The average molecular weight is 444 g/mol. The molecule has 0 amide bonds. The number of nitrogens with zero attached hydrogens (tertiary/aromatic N) is 4. The number of benzene rings is 2. The molecule has 0 bridgehead atoms. The van der Waals surface area contributed by atoms with Gasteiger partial charge in [0, 0.05) is 42.4 Å². The van der Waals surface area contributed by atoms with Crippen molar-refractivity contribution in [3.63, 3.8) is 0 Å². The van der Waals surface area contributed by atoms with Crippen LogP contribution in [0.3, 0.4) is 0 Å². The summed E-state index contributed by atoms with van der Waals surface area (Å²) >= 11 is 0. The van der Waals surface area contributed by atoms with Crippen LogP contribution in [0.1, 0.15) is 12.0 Å². The van der Waals surface area contributed by atoms with Crippen LogP contribution >= 0.6 is 0 Å². The van der Waals surface area contributed by atoms with Gasteiger partial charge in [-0.05, 0) is 30.0 Å². The van der Waals surface area contributed by atoms with Crippen molar-refractivity contribution in [1.82, 2.24) is 15.0 Å². The Morgan fingerprint density at radius 1 is 1.21 bits per heavy atom. The molecule has 1 aliphatic heterocycles. The molecule has 33 heavy (non-hydrogen) atoms.